The Labute approximate surface area is 141 Å². The molecule has 1 atom stereocenters. The fourth-order valence-corrected chi connectivity index (χ4v) is 3.62. The minimum absolute atomic E-state index is 0.0519. The Kier molecular flexibility index (Phi) is 3.60. The molecule has 2 fully saturated rings. The fraction of sp³-hybridized carbons (Fsp3) is 0.300. The van der Waals surface area contributed by atoms with E-state index in [0.717, 1.165) is 30.4 Å². The highest BCUT2D eigenvalue weighted by Crippen LogP contribution is 2.65. The van der Waals surface area contributed by atoms with Crippen molar-refractivity contribution in [3.63, 3.8) is 0 Å². The second kappa shape index (κ2) is 5.78. The second-order valence-electron chi connectivity index (χ2n) is 6.86. The Morgan fingerprint density at radius 2 is 1.54 bits per heavy atom. The van der Waals surface area contributed by atoms with E-state index in [1.807, 2.05) is 42.5 Å². The zero-order valence-corrected chi connectivity index (χ0v) is 13.4. The Morgan fingerprint density at radius 1 is 0.875 bits per heavy atom. The van der Waals surface area contributed by atoms with Crippen LogP contribution in [-0.2, 0) is 4.79 Å². The highest BCUT2D eigenvalue weighted by molar-refractivity contribution is 5.96. The molecule has 2 amide bonds. The summed E-state index contributed by atoms with van der Waals surface area (Å²) >= 11 is 0. The summed E-state index contributed by atoms with van der Waals surface area (Å²) in [6, 6.07) is 17.4. The van der Waals surface area contributed by atoms with E-state index in [-0.39, 0.29) is 23.1 Å². The molecule has 0 aromatic heterocycles. The average Bonchev–Trinajstić information content (AvgIpc) is 3.37. The minimum atomic E-state index is -0.286. The lowest BCUT2D eigenvalue weighted by Gasteiger charge is -2.26. The summed E-state index contributed by atoms with van der Waals surface area (Å²) in [6.45, 7) is 0. The van der Waals surface area contributed by atoms with Gasteiger partial charge in [0.1, 0.15) is 0 Å². The van der Waals surface area contributed by atoms with Crippen LogP contribution in [0.15, 0.2) is 54.6 Å². The molecule has 1 spiro atoms. The third-order valence-corrected chi connectivity index (χ3v) is 5.41. The first-order valence-corrected chi connectivity index (χ1v) is 8.44. The zero-order valence-electron chi connectivity index (χ0n) is 13.4. The number of carbonyl (C=O) groups excluding carboxylic acids is 2. The molecule has 122 valence electrons. The van der Waals surface area contributed by atoms with Gasteiger partial charge < -0.3 is 0 Å². The summed E-state index contributed by atoms with van der Waals surface area (Å²) in [7, 11) is 0. The third kappa shape index (κ3) is 2.68. The van der Waals surface area contributed by atoms with Gasteiger partial charge in [0.05, 0.1) is 0 Å². The van der Waals surface area contributed by atoms with E-state index in [1.165, 1.54) is 6.42 Å². The second-order valence-corrected chi connectivity index (χ2v) is 6.86. The molecule has 2 N–H and O–H groups in total. The number of hydrazine groups is 1. The molecule has 2 aromatic carbocycles. The molecule has 0 aliphatic heterocycles. The first-order valence-electron chi connectivity index (χ1n) is 8.44. The molecule has 2 aliphatic carbocycles. The largest absolute Gasteiger partial charge is 0.273 e. The van der Waals surface area contributed by atoms with Crippen LogP contribution in [0.5, 0.6) is 0 Å². The van der Waals surface area contributed by atoms with E-state index in [9.17, 15) is 9.59 Å². The van der Waals surface area contributed by atoms with Gasteiger partial charge in [0, 0.05) is 11.5 Å². The van der Waals surface area contributed by atoms with E-state index in [4.69, 9.17) is 0 Å². The molecule has 0 radical (unpaired) electrons. The van der Waals surface area contributed by atoms with Crippen molar-refractivity contribution in [2.75, 3.05) is 0 Å². The topological polar surface area (TPSA) is 58.2 Å². The molecular formula is C20H20N2O2. The lowest BCUT2D eigenvalue weighted by Crippen LogP contribution is -2.43. The Balaban J connectivity index is 1.34. The molecule has 0 heterocycles. The van der Waals surface area contributed by atoms with Crippen LogP contribution in [-0.4, -0.2) is 11.8 Å². The van der Waals surface area contributed by atoms with Gasteiger partial charge in [0.25, 0.3) is 5.91 Å². The molecule has 4 heteroatoms. The zero-order chi connectivity index (χ0) is 16.6. The standard InChI is InChI=1S/C20H20N2O2/c23-18(21-22-19(24)17-13-20(17)11-4-12-20)16-9-7-15(8-10-16)14-5-2-1-3-6-14/h1-3,5-10,17H,4,11-13H2,(H,21,23)(H,22,24). The van der Waals surface area contributed by atoms with Gasteiger partial charge in [0.2, 0.25) is 5.91 Å². The Hall–Kier alpha value is -2.62. The molecule has 0 saturated heterocycles. The monoisotopic (exact) mass is 320 g/mol. The van der Waals surface area contributed by atoms with Crippen molar-refractivity contribution in [2.24, 2.45) is 11.3 Å². The van der Waals surface area contributed by atoms with Gasteiger partial charge in [-0.15, -0.1) is 0 Å². The van der Waals surface area contributed by atoms with Gasteiger partial charge in [-0.2, -0.15) is 0 Å². The molecule has 4 nitrogen and oxygen atoms in total. The molecule has 24 heavy (non-hydrogen) atoms. The summed E-state index contributed by atoms with van der Waals surface area (Å²) in [5, 5.41) is 0. The van der Waals surface area contributed by atoms with Crippen molar-refractivity contribution in [3.05, 3.63) is 60.2 Å². The fourth-order valence-electron chi connectivity index (χ4n) is 3.62. The van der Waals surface area contributed by atoms with Crippen LogP contribution >= 0.6 is 0 Å². The third-order valence-electron chi connectivity index (χ3n) is 5.41. The van der Waals surface area contributed by atoms with Gasteiger partial charge in [-0.25, -0.2) is 0 Å². The van der Waals surface area contributed by atoms with Crippen molar-refractivity contribution in [1.82, 2.24) is 10.9 Å². The number of benzene rings is 2. The smallest absolute Gasteiger partial charge is 0.269 e. The molecular weight excluding hydrogens is 300 g/mol. The van der Waals surface area contributed by atoms with E-state index in [0.29, 0.717) is 5.56 Å². The van der Waals surface area contributed by atoms with Crippen LogP contribution in [0.1, 0.15) is 36.0 Å². The molecule has 2 saturated carbocycles. The number of hydrogen-bond acceptors (Lipinski definition) is 2. The molecule has 1 unspecified atom stereocenters. The lowest BCUT2D eigenvalue weighted by atomic mass is 9.80. The van der Waals surface area contributed by atoms with Crippen LogP contribution in [0.25, 0.3) is 11.1 Å². The van der Waals surface area contributed by atoms with E-state index in [2.05, 4.69) is 10.9 Å². The lowest BCUT2D eigenvalue weighted by molar-refractivity contribution is -0.124. The van der Waals surface area contributed by atoms with Crippen molar-refractivity contribution in [3.8, 4) is 11.1 Å². The highest BCUT2D eigenvalue weighted by Gasteiger charge is 2.60. The maximum absolute atomic E-state index is 12.2. The predicted molar refractivity (Wildman–Crippen MR) is 91.9 cm³/mol. The number of nitrogens with one attached hydrogen (secondary N) is 2. The van der Waals surface area contributed by atoms with E-state index < -0.39 is 0 Å². The maximum Gasteiger partial charge on any atom is 0.269 e. The van der Waals surface area contributed by atoms with E-state index >= 15 is 0 Å². The van der Waals surface area contributed by atoms with Gasteiger partial charge >= 0.3 is 0 Å². The molecule has 4 rings (SSSR count). The van der Waals surface area contributed by atoms with Crippen molar-refractivity contribution in [2.45, 2.75) is 25.7 Å². The highest BCUT2D eigenvalue weighted by atomic mass is 16.2. The minimum Gasteiger partial charge on any atom is -0.273 e. The van der Waals surface area contributed by atoms with E-state index in [1.54, 1.807) is 12.1 Å². The molecule has 2 aromatic rings. The maximum atomic E-state index is 12.2. The van der Waals surface area contributed by atoms with Crippen LogP contribution in [0.3, 0.4) is 0 Å². The molecule has 0 bridgehead atoms. The summed E-state index contributed by atoms with van der Waals surface area (Å²) < 4.78 is 0. The SMILES string of the molecule is O=C(NNC(=O)C1CC12CCC2)c1ccc(-c2ccccc2)cc1. The van der Waals surface area contributed by atoms with Gasteiger partial charge in [0.15, 0.2) is 0 Å². The van der Waals surface area contributed by atoms with Crippen molar-refractivity contribution in [1.29, 1.82) is 0 Å². The number of rotatable bonds is 3. The summed E-state index contributed by atoms with van der Waals surface area (Å²) in [4.78, 5) is 24.2. The number of amides is 2. The van der Waals surface area contributed by atoms with Crippen LogP contribution in [0, 0.1) is 11.3 Å². The first kappa shape index (κ1) is 14.9. The van der Waals surface area contributed by atoms with Gasteiger partial charge in [-0.05, 0) is 47.9 Å². The average molecular weight is 320 g/mol. The normalized spacial score (nSPS) is 20.1. The number of carbonyl (C=O) groups is 2. The van der Waals surface area contributed by atoms with Crippen molar-refractivity contribution >= 4 is 11.8 Å². The van der Waals surface area contributed by atoms with Gasteiger partial charge in [-0.1, -0.05) is 48.9 Å². The predicted octanol–water partition coefficient (Wildman–Crippen LogP) is 3.30. The molecule has 2 aliphatic rings. The quantitative estimate of drug-likeness (QED) is 0.853. The first-order chi connectivity index (χ1) is 11.7. The van der Waals surface area contributed by atoms with Crippen LogP contribution in [0.4, 0.5) is 0 Å². The van der Waals surface area contributed by atoms with Gasteiger partial charge in [-0.3, -0.25) is 20.4 Å². The van der Waals surface area contributed by atoms with Crippen LogP contribution in [0.2, 0.25) is 0 Å². The summed E-state index contributed by atoms with van der Waals surface area (Å²) in [6.07, 6.45) is 4.50. The van der Waals surface area contributed by atoms with Crippen LogP contribution < -0.4 is 10.9 Å². The Morgan fingerprint density at radius 3 is 2.12 bits per heavy atom. The summed E-state index contributed by atoms with van der Waals surface area (Å²) in [5.74, 6) is -0.248. The Bertz CT molecular complexity index is 764. The number of hydrogen-bond donors (Lipinski definition) is 2. The summed E-state index contributed by atoms with van der Waals surface area (Å²) in [5.41, 5.74) is 8.07. The van der Waals surface area contributed by atoms with Crippen molar-refractivity contribution < 1.29 is 9.59 Å².